The van der Waals surface area contributed by atoms with Gasteiger partial charge in [-0.25, -0.2) is 9.50 Å². The molecule has 8 heteroatoms. The summed E-state index contributed by atoms with van der Waals surface area (Å²) in [5.41, 5.74) is 15.2. The highest BCUT2D eigenvalue weighted by Crippen LogP contribution is 2.37. The molecule has 0 aliphatic carbocycles. The van der Waals surface area contributed by atoms with Crippen LogP contribution >= 0.6 is 0 Å². The predicted molar refractivity (Wildman–Crippen MR) is 112 cm³/mol. The summed E-state index contributed by atoms with van der Waals surface area (Å²) in [6.07, 6.45) is 3.05. The summed E-state index contributed by atoms with van der Waals surface area (Å²) in [4.78, 5) is 18.3. The highest BCUT2D eigenvalue weighted by Gasteiger charge is 2.33. The molecule has 0 spiro atoms. The number of nitrogen functional groups attached to an aromatic ring is 2. The third kappa shape index (κ3) is 3.51. The van der Waals surface area contributed by atoms with Crippen molar-refractivity contribution in [1.82, 2.24) is 19.5 Å². The van der Waals surface area contributed by atoms with Crippen LogP contribution in [0.2, 0.25) is 0 Å². The SMILES string of the molecule is CC(C)(O)C(=O)N1CCC(c2cc(-c3ccc(N)cc3)c3c(N)ncnn23)CC1. The third-order valence-electron chi connectivity index (χ3n) is 5.56. The van der Waals surface area contributed by atoms with Crippen molar-refractivity contribution in [3.05, 3.63) is 42.4 Å². The minimum Gasteiger partial charge on any atom is -0.399 e. The molecule has 1 aromatic carbocycles. The summed E-state index contributed by atoms with van der Waals surface area (Å²) < 4.78 is 1.87. The number of nitrogens with zero attached hydrogens (tertiary/aromatic N) is 4. The van der Waals surface area contributed by atoms with Gasteiger partial charge >= 0.3 is 0 Å². The molecule has 3 heterocycles. The minimum atomic E-state index is -1.35. The van der Waals surface area contributed by atoms with Gasteiger partial charge in [0.25, 0.3) is 5.91 Å². The first-order valence-corrected chi connectivity index (χ1v) is 9.75. The highest BCUT2D eigenvalue weighted by atomic mass is 16.3. The average molecular weight is 394 g/mol. The minimum absolute atomic E-state index is 0.227. The van der Waals surface area contributed by atoms with Gasteiger partial charge in [-0.2, -0.15) is 5.10 Å². The van der Waals surface area contributed by atoms with Crippen LogP contribution in [0, 0.1) is 0 Å². The second-order valence-corrected chi connectivity index (χ2v) is 8.14. The van der Waals surface area contributed by atoms with Gasteiger partial charge in [0.15, 0.2) is 5.82 Å². The van der Waals surface area contributed by atoms with Crippen molar-refractivity contribution < 1.29 is 9.90 Å². The molecular weight excluding hydrogens is 368 g/mol. The van der Waals surface area contributed by atoms with Crippen LogP contribution in [0.1, 0.15) is 38.3 Å². The Morgan fingerprint density at radius 1 is 1.17 bits per heavy atom. The first kappa shape index (κ1) is 19.2. The van der Waals surface area contributed by atoms with E-state index in [1.165, 1.54) is 20.2 Å². The fourth-order valence-electron chi connectivity index (χ4n) is 4.03. The van der Waals surface area contributed by atoms with Crippen molar-refractivity contribution in [1.29, 1.82) is 0 Å². The average Bonchev–Trinajstić information content (AvgIpc) is 3.08. The lowest BCUT2D eigenvalue weighted by molar-refractivity contribution is -0.148. The maximum Gasteiger partial charge on any atom is 0.253 e. The first-order chi connectivity index (χ1) is 13.8. The van der Waals surface area contributed by atoms with Crippen LogP contribution in [0.25, 0.3) is 16.6 Å². The van der Waals surface area contributed by atoms with E-state index in [1.54, 1.807) is 4.90 Å². The van der Waals surface area contributed by atoms with Crippen LogP contribution in [0.15, 0.2) is 36.7 Å². The maximum atomic E-state index is 12.4. The lowest BCUT2D eigenvalue weighted by Crippen LogP contribution is -2.48. The van der Waals surface area contributed by atoms with Gasteiger partial charge in [-0.15, -0.1) is 0 Å². The lowest BCUT2D eigenvalue weighted by Gasteiger charge is -2.35. The summed E-state index contributed by atoms with van der Waals surface area (Å²) in [5.74, 6) is 0.419. The number of hydrogen-bond donors (Lipinski definition) is 3. The summed E-state index contributed by atoms with van der Waals surface area (Å²) in [5, 5.41) is 14.5. The van der Waals surface area contributed by atoms with Crippen LogP contribution in [0.5, 0.6) is 0 Å². The number of hydrogen-bond acceptors (Lipinski definition) is 6. The molecule has 1 amide bonds. The Labute approximate surface area is 169 Å². The second-order valence-electron chi connectivity index (χ2n) is 8.14. The van der Waals surface area contributed by atoms with Crippen LogP contribution in [0.3, 0.4) is 0 Å². The normalized spacial score (nSPS) is 15.8. The van der Waals surface area contributed by atoms with Gasteiger partial charge in [-0.05, 0) is 50.5 Å². The molecule has 1 fully saturated rings. The van der Waals surface area contributed by atoms with Gasteiger partial charge < -0.3 is 21.5 Å². The maximum absolute atomic E-state index is 12.4. The van der Waals surface area contributed by atoms with E-state index in [0.717, 1.165) is 35.2 Å². The molecule has 1 aliphatic heterocycles. The molecule has 2 aromatic heterocycles. The smallest absolute Gasteiger partial charge is 0.253 e. The van der Waals surface area contributed by atoms with Crippen molar-refractivity contribution in [2.75, 3.05) is 24.6 Å². The summed E-state index contributed by atoms with van der Waals surface area (Å²) in [7, 11) is 0. The fourth-order valence-corrected chi connectivity index (χ4v) is 4.03. The molecule has 4 rings (SSSR count). The van der Waals surface area contributed by atoms with E-state index in [1.807, 2.05) is 28.8 Å². The van der Waals surface area contributed by atoms with E-state index in [2.05, 4.69) is 16.1 Å². The molecular formula is C21H26N6O2. The summed E-state index contributed by atoms with van der Waals surface area (Å²) in [6.45, 7) is 4.25. The van der Waals surface area contributed by atoms with Gasteiger partial charge in [0.1, 0.15) is 17.4 Å². The van der Waals surface area contributed by atoms with Crippen molar-refractivity contribution in [2.24, 2.45) is 0 Å². The number of piperidine rings is 1. The Hall–Kier alpha value is -3.13. The molecule has 5 N–H and O–H groups in total. The van der Waals surface area contributed by atoms with E-state index in [0.29, 0.717) is 24.6 Å². The number of carbonyl (C=O) groups excluding carboxylic acids is 1. The number of aromatic nitrogens is 3. The lowest BCUT2D eigenvalue weighted by atomic mass is 9.92. The Bertz CT molecular complexity index is 1040. The molecule has 152 valence electrons. The molecule has 0 unspecified atom stereocenters. The molecule has 0 saturated carbocycles. The number of fused-ring (bicyclic) bond motifs is 1. The highest BCUT2D eigenvalue weighted by molar-refractivity contribution is 5.88. The van der Waals surface area contributed by atoms with Crippen LogP contribution in [-0.2, 0) is 4.79 Å². The predicted octanol–water partition coefficient (Wildman–Crippen LogP) is 2.04. The second kappa shape index (κ2) is 7.04. The van der Waals surface area contributed by atoms with E-state index in [4.69, 9.17) is 11.5 Å². The Morgan fingerprint density at radius 2 is 1.83 bits per heavy atom. The zero-order valence-electron chi connectivity index (χ0n) is 16.7. The number of amides is 1. The number of carbonyl (C=O) groups is 1. The quantitative estimate of drug-likeness (QED) is 0.584. The molecule has 8 nitrogen and oxygen atoms in total. The molecule has 0 bridgehead atoms. The van der Waals surface area contributed by atoms with Crippen molar-refractivity contribution >= 4 is 22.9 Å². The van der Waals surface area contributed by atoms with Gasteiger partial charge in [0, 0.05) is 36.0 Å². The van der Waals surface area contributed by atoms with E-state index in [-0.39, 0.29) is 11.8 Å². The van der Waals surface area contributed by atoms with Crippen molar-refractivity contribution in [3.63, 3.8) is 0 Å². The first-order valence-electron chi connectivity index (χ1n) is 9.75. The topological polar surface area (TPSA) is 123 Å². The zero-order chi connectivity index (χ0) is 20.8. The fraction of sp³-hybridized carbons (Fsp3) is 0.381. The standard InChI is InChI=1S/C21H26N6O2/c1-21(2,29)20(28)26-9-7-14(8-10-26)17-11-16(13-3-5-15(22)6-4-13)18-19(23)24-12-25-27(17)18/h3-6,11-12,14,29H,7-10,22H2,1-2H3,(H2,23,24,25). The number of anilines is 2. The van der Waals surface area contributed by atoms with E-state index < -0.39 is 5.60 Å². The Kier molecular flexibility index (Phi) is 4.66. The molecule has 29 heavy (non-hydrogen) atoms. The number of aliphatic hydroxyl groups is 1. The molecule has 1 aliphatic rings. The zero-order valence-corrected chi connectivity index (χ0v) is 16.7. The Morgan fingerprint density at radius 3 is 2.45 bits per heavy atom. The molecule has 0 atom stereocenters. The van der Waals surface area contributed by atoms with Gasteiger partial charge in [0.05, 0.1) is 0 Å². The summed E-state index contributed by atoms with van der Waals surface area (Å²) in [6, 6.07) is 9.76. The number of likely N-dealkylation sites (tertiary alicyclic amines) is 1. The monoisotopic (exact) mass is 394 g/mol. The van der Waals surface area contributed by atoms with Crippen molar-refractivity contribution in [2.45, 2.75) is 38.2 Å². The third-order valence-corrected chi connectivity index (χ3v) is 5.56. The van der Waals surface area contributed by atoms with Gasteiger partial charge in [-0.1, -0.05) is 12.1 Å². The Balaban J connectivity index is 1.68. The molecule has 3 aromatic rings. The number of nitrogens with two attached hydrogens (primary N) is 2. The number of benzene rings is 1. The van der Waals surface area contributed by atoms with Gasteiger partial charge in [-0.3, -0.25) is 4.79 Å². The molecule has 1 saturated heterocycles. The summed E-state index contributed by atoms with van der Waals surface area (Å²) >= 11 is 0. The largest absolute Gasteiger partial charge is 0.399 e. The van der Waals surface area contributed by atoms with E-state index >= 15 is 0 Å². The van der Waals surface area contributed by atoms with Gasteiger partial charge in [0.2, 0.25) is 0 Å². The van der Waals surface area contributed by atoms with Crippen LogP contribution in [0.4, 0.5) is 11.5 Å². The van der Waals surface area contributed by atoms with E-state index in [9.17, 15) is 9.90 Å². The van der Waals surface area contributed by atoms with Crippen molar-refractivity contribution in [3.8, 4) is 11.1 Å². The van der Waals surface area contributed by atoms with Crippen LogP contribution in [-0.4, -0.2) is 49.2 Å². The molecule has 0 radical (unpaired) electrons. The number of rotatable bonds is 3. The van der Waals surface area contributed by atoms with Crippen LogP contribution < -0.4 is 11.5 Å².